The SMILES string of the molecule is CC(C)(C)c1cccc(OC(F)(F)F)c1.CC(C)c1cccc(C(F)(F)F)c1.CC(C)c1cccc(Cl)c1. The maximum Gasteiger partial charge on any atom is 0.573 e. The molecule has 1 nitrogen and oxygen atoms in total. The van der Waals surface area contributed by atoms with Crippen LogP contribution in [-0.2, 0) is 11.6 Å². The molecule has 0 saturated carbocycles. The Bertz CT molecular complexity index is 1130. The Hall–Kier alpha value is -2.67. The molecule has 0 atom stereocenters. The molecule has 3 rings (SSSR count). The number of alkyl halides is 6. The van der Waals surface area contributed by atoms with E-state index in [0.717, 1.165) is 22.2 Å². The van der Waals surface area contributed by atoms with Crippen LogP contribution in [0.5, 0.6) is 5.75 Å². The van der Waals surface area contributed by atoms with Crippen LogP contribution in [0.1, 0.15) is 82.6 Å². The molecule has 0 amide bonds. The van der Waals surface area contributed by atoms with Gasteiger partial charge in [-0.3, -0.25) is 0 Å². The molecule has 0 spiro atoms. The van der Waals surface area contributed by atoms with Crippen molar-refractivity contribution in [3.8, 4) is 5.75 Å². The van der Waals surface area contributed by atoms with Crippen LogP contribution in [0.15, 0.2) is 72.8 Å². The summed E-state index contributed by atoms with van der Waals surface area (Å²) in [5, 5.41) is 0.825. The first-order chi connectivity index (χ1) is 17.3. The minimum Gasteiger partial charge on any atom is -0.406 e. The lowest BCUT2D eigenvalue weighted by Crippen LogP contribution is -2.18. The van der Waals surface area contributed by atoms with Crippen molar-refractivity contribution in [3.05, 3.63) is 100 Å². The second kappa shape index (κ2) is 13.9. The minimum absolute atomic E-state index is 0.127. The molecule has 3 aromatic carbocycles. The Morgan fingerprint density at radius 1 is 0.632 bits per heavy atom. The standard InChI is InChI=1S/C11H13F3O.C10H11F3.C9H11Cl/c1-10(2,3)8-5-4-6-9(7-8)15-11(12,13)14;1-7(2)8-4-3-5-9(6-8)10(11,12)13;1-7(2)8-4-3-5-9(10)6-8/h4-7H,1-3H3;3-7H,1-2H3;3-7H,1-2H3. The van der Waals surface area contributed by atoms with Gasteiger partial charge in [-0.25, -0.2) is 0 Å². The van der Waals surface area contributed by atoms with Gasteiger partial charge in [-0.2, -0.15) is 13.2 Å². The van der Waals surface area contributed by atoms with Crippen molar-refractivity contribution in [1.82, 2.24) is 0 Å². The normalized spacial score (nSPS) is 11.9. The van der Waals surface area contributed by atoms with Crippen LogP contribution in [0.3, 0.4) is 0 Å². The molecule has 0 aliphatic heterocycles. The van der Waals surface area contributed by atoms with Gasteiger partial charge in [0.15, 0.2) is 0 Å². The summed E-state index contributed by atoms with van der Waals surface area (Å²) < 4.78 is 76.4. The lowest BCUT2D eigenvalue weighted by molar-refractivity contribution is -0.274. The first-order valence-electron chi connectivity index (χ1n) is 12.1. The fourth-order valence-electron chi connectivity index (χ4n) is 3.10. The number of halogens is 7. The molecule has 210 valence electrons. The predicted molar refractivity (Wildman–Crippen MR) is 143 cm³/mol. The van der Waals surface area contributed by atoms with Crippen molar-refractivity contribution < 1.29 is 31.1 Å². The van der Waals surface area contributed by atoms with E-state index in [0.29, 0.717) is 5.92 Å². The predicted octanol–water partition coefficient (Wildman–Crippen LogP) is 11.2. The fourth-order valence-corrected chi connectivity index (χ4v) is 3.30. The molecule has 0 saturated heterocycles. The number of ether oxygens (including phenoxy) is 1. The summed E-state index contributed by atoms with van der Waals surface area (Å²) in [6.45, 7) is 13.8. The third kappa shape index (κ3) is 12.7. The van der Waals surface area contributed by atoms with Crippen LogP contribution in [0.4, 0.5) is 26.3 Å². The summed E-state index contributed by atoms with van der Waals surface area (Å²) in [7, 11) is 0. The Kier molecular flexibility index (Phi) is 12.2. The van der Waals surface area contributed by atoms with Gasteiger partial charge in [0, 0.05) is 5.02 Å². The first-order valence-corrected chi connectivity index (χ1v) is 12.5. The van der Waals surface area contributed by atoms with E-state index in [1.54, 1.807) is 18.2 Å². The molecule has 0 N–H and O–H groups in total. The van der Waals surface area contributed by atoms with Gasteiger partial charge in [-0.05, 0) is 64.3 Å². The molecule has 0 aliphatic rings. The summed E-state index contributed by atoms with van der Waals surface area (Å²) >= 11 is 5.79. The van der Waals surface area contributed by atoms with Crippen molar-refractivity contribution in [2.24, 2.45) is 0 Å². The maximum absolute atomic E-state index is 12.2. The number of hydrogen-bond acceptors (Lipinski definition) is 1. The average molecular weight is 561 g/mol. The van der Waals surface area contributed by atoms with Crippen molar-refractivity contribution in [1.29, 1.82) is 0 Å². The second-order valence-corrected chi connectivity index (χ2v) is 10.7. The number of rotatable bonds is 3. The second-order valence-electron chi connectivity index (χ2n) is 10.3. The average Bonchev–Trinajstić information content (AvgIpc) is 2.78. The van der Waals surface area contributed by atoms with Crippen molar-refractivity contribution in [2.75, 3.05) is 0 Å². The molecule has 38 heavy (non-hydrogen) atoms. The van der Waals surface area contributed by atoms with Gasteiger partial charge in [0.1, 0.15) is 5.75 Å². The molecule has 0 radical (unpaired) electrons. The van der Waals surface area contributed by atoms with E-state index in [9.17, 15) is 26.3 Å². The largest absolute Gasteiger partial charge is 0.573 e. The molecular formula is C30H35ClF6O. The molecular weight excluding hydrogens is 526 g/mol. The van der Waals surface area contributed by atoms with Crippen LogP contribution >= 0.6 is 11.6 Å². The van der Waals surface area contributed by atoms with Gasteiger partial charge in [-0.15, -0.1) is 13.2 Å². The summed E-state index contributed by atoms with van der Waals surface area (Å²) in [5.74, 6) is 0.524. The lowest BCUT2D eigenvalue weighted by Gasteiger charge is -2.20. The smallest absolute Gasteiger partial charge is 0.406 e. The van der Waals surface area contributed by atoms with Gasteiger partial charge in [0.2, 0.25) is 0 Å². The Morgan fingerprint density at radius 3 is 1.53 bits per heavy atom. The first kappa shape index (κ1) is 33.4. The number of hydrogen-bond donors (Lipinski definition) is 0. The third-order valence-corrected chi connectivity index (χ3v) is 5.56. The van der Waals surface area contributed by atoms with Gasteiger partial charge in [0.25, 0.3) is 0 Å². The molecule has 0 unspecified atom stereocenters. The van der Waals surface area contributed by atoms with Crippen LogP contribution in [0, 0.1) is 0 Å². The Labute approximate surface area is 226 Å². The van der Waals surface area contributed by atoms with Gasteiger partial charge >= 0.3 is 12.5 Å². The highest BCUT2D eigenvalue weighted by Crippen LogP contribution is 2.31. The van der Waals surface area contributed by atoms with Crippen LogP contribution < -0.4 is 4.74 Å². The molecule has 3 aromatic rings. The Balaban J connectivity index is 0.000000291. The van der Waals surface area contributed by atoms with Crippen LogP contribution in [0.2, 0.25) is 5.02 Å². The zero-order valence-electron chi connectivity index (χ0n) is 22.6. The van der Waals surface area contributed by atoms with E-state index in [4.69, 9.17) is 11.6 Å². The summed E-state index contributed by atoms with van der Waals surface area (Å²) in [6, 6.07) is 19.5. The van der Waals surface area contributed by atoms with Crippen LogP contribution in [-0.4, -0.2) is 6.36 Å². The molecule has 0 aromatic heterocycles. The van der Waals surface area contributed by atoms with E-state index < -0.39 is 18.1 Å². The minimum atomic E-state index is -4.63. The quantitative estimate of drug-likeness (QED) is 0.289. The van der Waals surface area contributed by atoms with E-state index in [1.807, 2.05) is 52.8 Å². The summed E-state index contributed by atoms with van der Waals surface area (Å²) in [4.78, 5) is 0. The van der Waals surface area contributed by atoms with Gasteiger partial charge < -0.3 is 4.74 Å². The van der Waals surface area contributed by atoms with E-state index in [1.165, 1.54) is 29.8 Å². The summed E-state index contributed by atoms with van der Waals surface area (Å²) in [5.41, 5.74) is 2.07. The molecule has 0 heterocycles. The van der Waals surface area contributed by atoms with E-state index in [-0.39, 0.29) is 17.1 Å². The Morgan fingerprint density at radius 2 is 1.11 bits per heavy atom. The summed E-state index contributed by atoms with van der Waals surface area (Å²) in [6.07, 6.45) is -8.86. The van der Waals surface area contributed by atoms with Crippen LogP contribution in [0.25, 0.3) is 0 Å². The zero-order valence-corrected chi connectivity index (χ0v) is 23.4. The molecule has 0 aliphatic carbocycles. The molecule has 8 heteroatoms. The van der Waals surface area contributed by atoms with E-state index >= 15 is 0 Å². The molecule has 0 fully saturated rings. The molecule has 0 bridgehead atoms. The highest BCUT2D eigenvalue weighted by atomic mass is 35.5. The van der Waals surface area contributed by atoms with Gasteiger partial charge in [0.05, 0.1) is 5.56 Å². The number of benzene rings is 3. The topological polar surface area (TPSA) is 9.23 Å². The van der Waals surface area contributed by atoms with Gasteiger partial charge in [-0.1, -0.05) is 103 Å². The van der Waals surface area contributed by atoms with Crippen molar-refractivity contribution >= 4 is 11.6 Å². The van der Waals surface area contributed by atoms with Crippen molar-refractivity contribution in [2.45, 2.75) is 78.3 Å². The highest BCUT2D eigenvalue weighted by Gasteiger charge is 2.31. The lowest BCUT2D eigenvalue weighted by atomic mass is 9.87. The van der Waals surface area contributed by atoms with E-state index in [2.05, 4.69) is 24.7 Å². The van der Waals surface area contributed by atoms with Crippen molar-refractivity contribution in [3.63, 3.8) is 0 Å². The zero-order chi connectivity index (χ0) is 29.3. The fraction of sp³-hybridized carbons (Fsp3) is 0.400. The third-order valence-electron chi connectivity index (χ3n) is 5.33. The highest BCUT2D eigenvalue weighted by molar-refractivity contribution is 6.30. The monoisotopic (exact) mass is 560 g/mol. The maximum atomic E-state index is 12.2.